The van der Waals surface area contributed by atoms with Gasteiger partial charge in [0.1, 0.15) is 6.04 Å². The van der Waals surface area contributed by atoms with Crippen molar-refractivity contribution in [1.29, 1.82) is 0 Å². The first-order chi connectivity index (χ1) is 13.3. The van der Waals surface area contributed by atoms with Gasteiger partial charge >= 0.3 is 0 Å². The quantitative estimate of drug-likeness (QED) is 0.661. The molecule has 0 saturated carbocycles. The van der Waals surface area contributed by atoms with E-state index in [0.29, 0.717) is 9.58 Å². The Morgan fingerprint density at radius 1 is 1.29 bits per heavy atom. The number of aliphatic hydroxyl groups is 1. The lowest BCUT2D eigenvalue weighted by Gasteiger charge is -2.23. The number of halogens is 2. The monoisotopic (exact) mass is 420 g/mol. The van der Waals surface area contributed by atoms with Crippen molar-refractivity contribution in [2.24, 2.45) is 5.92 Å². The molecule has 2 aromatic heterocycles. The van der Waals surface area contributed by atoms with Crippen LogP contribution in [-0.2, 0) is 9.59 Å². The minimum Gasteiger partial charge on any atom is -0.503 e. The number of hydrogen-bond acceptors (Lipinski definition) is 6. The maximum atomic E-state index is 13.6. The minimum atomic E-state index is -1.04. The van der Waals surface area contributed by atoms with Crippen LogP contribution in [0, 0.1) is 17.6 Å². The summed E-state index contributed by atoms with van der Waals surface area (Å²) in [6.45, 7) is 3.37. The third-order valence-corrected chi connectivity index (χ3v) is 6.38. The fraction of sp³-hybridized carbons (Fsp3) is 0.211. The third kappa shape index (κ3) is 2.82. The summed E-state index contributed by atoms with van der Waals surface area (Å²) in [6, 6.07) is 4.67. The van der Waals surface area contributed by atoms with Gasteiger partial charge in [0, 0.05) is 16.9 Å². The Morgan fingerprint density at radius 3 is 2.64 bits per heavy atom. The summed E-state index contributed by atoms with van der Waals surface area (Å²) in [5, 5.41) is 12.4. The zero-order chi connectivity index (χ0) is 20.2. The molecule has 4 rings (SSSR count). The van der Waals surface area contributed by atoms with Gasteiger partial charge in [-0.25, -0.2) is 13.8 Å². The Bertz CT molecular complexity index is 1100. The molecule has 0 spiro atoms. The van der Waals surface area contributed by atoms with E-state index in [1.807, 2.05) is 0 Å². The number of nitrogens with zero attached hydrogens (tertiary/aromatic N) is 2. The van der Waals surface area contributed by atoms with Gasteiger partial charge in [-0.1, -0.05) is 31.3 Å². The van der Waals surface area contributed by atoms with Crippen LogP contribution in [0.1, 0.15) is 24.8 Å². The molecule has 1 aliphatic rings. The molecule has 1 unspecified atom stereocenters. The molecule has 3 aromatic rings. The zero-order valence-corrected chi connectivity index (χ0v) is 16.4. The lowest BCUT2D eigenvalue weighted by Crippen LogP contribution is -2.30. The highest BCUT2D eigenvalue weighted by atomic mass is 32.1. The zero-order valence-electron chi connectivity index (χ0n) is 14.8. The van der Waals surface area contributed by atoms with Crippen LogP contribution in [0.2, 0.25) is 0 Å². The molecule has 0 fully saturated rings. The molecule has 1 aromatic carbocycles. The van der Waals surface area contributed by atoms with Gasteiger partial charge < -0.3 is 5.11 Å². The van der Waals surface area contributed by atoms with E-state index in [2.05, 4.69) is 4.98 Å². The molecule has 5 nitrogen and oxygen atoms in total. The van der Waals surface area contributed by atoms with Crippen molar-refractivity contribution in [2.45, 2.75) is 19.9 Å². The Morgan fingerprint density at radius 2 is 2.00 bits per heavy atom. The molecule has 0 aliphatic carbocycles. The SMILES string of the molecule is CC(C)C(=O)C1=C(O)C(=O)N(c2nc3cc(F)c(F)cc3s2)C1c1cccs1. The van der Waals surface area contributed by atoms with Gasteiger partial charge in [-0.2, -0.15) is 0 Å². The van der Waals surface area contributed by atoms with Crippen LogP contribution in [0.15, 0.2) is 41.0 Å². The van der Waals surface area contributed by atoms with E-state index >= 15 is 0 Å². The lowest BCUT2D eigenvalue weighted by molar-refractivity contribution is -0.119. The fourth-order valence-electron chi connectivity index (χ4n) is 3.10. The normalized spacial score (nSPS) is 17.4. The highest BCUT2D eigenvalue weighted by molar-refractivity contribution is 7.22. The molecule has 0 bridgehead atoms. The number of Topliss-reactive ketones (excluding diaryl/α,β-unsaturated/α-hetero) is 1. The molecule has 1 atom stereocenters. The number of thiophene rings is 1. The topological polar surface area (TPSA) is 70.5 Å². The number of carbonyl (C=O) groups excluding carboxylic acids is 2. The number of benzene rings is 1. The molecule has 9 heteroatoms. The molecule has 0 saturated heterocycles. The van der Waals surface area contributed by atoms with Crippen LogP contribution in [0.25, 0.3) is 10.2 Å². The van der Waals surface area contributed by atoms with E-state index in [-0.39, 0.29) is 22.0 Å². The second-order valence-corrected chi connectivity index (χ2v) is 8.59. The van der Waals surface area contributed by atoms with E-state index in [0.717, 1.165) is 23.5 Å². The van der Waals surface area contributed by atoms with Crippen molar-refractivity contribution >= 4 is 49.7 Å². The maximum absolute atomic E-state index is 13.6. The molecule has 3 heterocycles. The third-order valence-electron chi connectivity index (χ3n) is 4.44. The molecule has 1 N–H and O–H groups in total. The first kappa shape index (κ1) is 18.7. The minimum absolute atomic E-state index is 0.0130. The van der Waals surface area contributed by atoms with Gasteiger partial charge in [0.2, 0.25) is 0 Å². The second-order valence-electron chi connectivity index (χ2n) is 6.60. The van der Waals surface area contributed by atoms with Crippen LogP contribution in [0.5, 0.6) is 0 Å². The number of carbonyl (C=O) groups is 2. The summed E-state index contributed by atoms with van der Waals surface area (Å²) in [5.74, 6) is -4.20. The number of anilines is 1. The molecular weight excluding hydrogens is 406 g/mol. The van der Waals surface area contributed by atoms with Crippen LogP contribution < -0.4 is 4.90 Å². The summed E-state index contributed by atoms with van der Waals surface area (Å²) in [5.41, 5.74) is 0.207. The number of rotatable bonds is 4. The Hall–Kier alpha value is -2.65. The van der Waals surface area contributed by atoms with E-state index in [4.69, 9.17) is 0 Å². The smallest absolute Gasteiger partial charge is 0.296 e. The van der Waals surface area contributed by atoms with E-state index < -0.39 is 35.3 Å². The highest BCUT2D eigenvalue weighted by Crippen LogP contribution is 2.45. The van der Waals surface area contributed by atoms with Gasteiger partial charge in [0.25, 0.3) is 5.91 Å². The summed E-state index contributed by atoms with van der Waals surface area (Å²) >= 11 is 2.32. The molecule has 0 radical (unpaired) electrons. The molecule has 1 aliphatic heterocycles. The van der Waals surface area contributed by atoms with Crippen molar-refractivity contribution in [1.82, 2.24) is 4.98 Å². The standard InChI is InChI=1S/C19H14F2N2O3S2/c1-8(2)16(24)14-15(12-4-3-5-27-12)23(18(26)17(14)25)19-22-11-6-9(20)10(21)7-13(11)28-19/h3-8,15,25H,1-2H3. The largest absolute Gasteiger partial charge is 0.503 e. The van der Waals surface area contributed by atoms with Crippen LogP contribution in [0.4, 0.5) is 13.9 Å². The number of amides is 1. The summed E-state index contributed by atoms with van der Waals surface area (Å²) in [7, 11) is 0. The average molecular weight is 420 g/mol. The first-order valence-electron chi connectivity index (χ1n) is 8.39. The summed E-state index contributed by atoms with van der Waals surface area (Å²) in [4.78, 5) is 31.7. The molecule has 144 valence electrons. The number of aliphatic hydroxyl groups excluding tert-OH is 1. The van der Waals surface area contributed by atoms with E-state index in [1.165, 1.54) is 16.2 Å². The van der Waals surface area contributed by atoms with Crippen LogP contribution in [0.3, 0.4) is 0 Å². The second kappa shape index (κ2) is 6.75. The number of fused-ring (bicyclic) bond motifs is 1. The molecule has 28 heavy (non-hydrogen) atoms. The van der Waals surface area contributed by atoms with E-state index in [9.17, 15) is 23.5 Å². The number of ketones is 1. The van der Waals surface area contributed by atoms with Gasteiger partial charge in [-0.05, 0) is 17.5 Å². The Labute approximate surface area is 166 Å². The van der Waals surface area contributed by atoms with Crippen LogP contribution >= 0.6 is 22.7 Å². The lowest BCUT2D eigenvalue weighted by atomic mass is 9.95. The predicted molar refractivity (Wildman–Crippen MR) is 104 cm³/mol. The Balaban J connectivity index is 1.88. The van der Waals surface area contributed by atoms with Crippen molar-refractivity contribution in [3.63, 3.8) is 0 Å². The summed E-state index contributed by atoms with van der Waals surface area (Å²) in [6.07, 6.45) is 0. The molecule has 1 amide bonds. The van der Waals surface area contributed by atoms with Crippen LogP contribution in [-0.4, -0.2) is 21.8 Å². The van der Waals surface area contributed by atoms with Crippen molar-refractivity contribution in [3.05, 3.63) is 57.5 Å². The van der Waals surface area contributed by atoms with Gasteiger partial charge in [-0.3, -0.25) is 14.5 Å². The maximum Gasteiger partial charge on any atom is 0.296 e. The number of hydrogen-bond donors (Lipinski definition) is 1. The van der Waals surface area contributed by atoms with E-state index in [1.54, 1.807) is 31.4 Å². The van der Waals surface area contributed by atoms with Gasteiger partial charge in [-0.15, -0.1) is 11.3 Å². The highest BCUT2D eigenvalue weighted by Gasteiger charge is 2.46. The summed E-state index contributed by atoms with van der Waals surface area (Å²) < 4.78 is 27.5. The molecular formula is C19H14F2N2O3S2. The number of aromatic nitrogens is 1. The van der Waals surface area contributed by atoms with Crippen molar-refractivity contribution in [3.8, 4) is 0 Å². The number of thiazole rings is 1. The average Bonchev–Trinajstić information content (AvgIpc) is 3.34. The van der Waals surface area contributed by atoms with Crippen molar-refractivity contribution < 1.29 is 23.5 Å². The predicted octanol–water partition coefficient (Wildman–Crippen LogP) is 4.76. The van der Waals surface area contributed by atoms with Gasteiger partial charge in [0.15, 0.2) is 28.3 Å². The van der Waals surface area contributed by atoms with Gasteiger partial charge in [0.05, 0.1) is 15.8 Å². The Kier molecular flexibility index (Phi) is 4.51. The first-order valence-corrected chi connectivity index (χ1v) is 10.1. The fourth-order valence-corrected chi connectivity index (χ4v) is 4.92. The van der Waals surface area contributed by atoms with Crippen molar-refractivity contribution in [2.75, 3.05) is 4.90 Å².